The molecule has 0 spiro atoms. The Hall–Kier alpha value is -0.860. The van der Waals surface area contributed by atoms with E-state index in [-0.39, 0.29) is 0 Å². The van der Waals surface area contributed by atoms with Crippen LogP contribution in [0.5, 0.6) is 0 Å². The summed E-state index contributed by atoms with van der Waals surface area (Å²) in [4.78, 5) is 8.64. The molecule has 1 aromatic heterocycles. The van der Waals surface area contributed by atoms with Gasteiger partial charge in [-0.25, -0.2) is 9.97 Å². The summed E-state index contributed by atoms with van der Waals surface area (Å²) in [6.45, 7) is 3.94. The van der Waals surface area contributed by atoms with Crippen molar-refractivity contribution in [3.05, 3.63) is 33.7 Å². The number of halogens is 2. The Morgan fingerprint density at radius 1 is 1.20 bits per heavy atom. The molecule has 2 aromatic rings. The Morgan fingerprint density at radius 2 is 1.93 bits per heavy atom. The second kappa shape index (κ2) is 3.95. The molecule has 1 aromatic carbocycles. The molecule has 2 rings (SSSR count). The Labute approximate surface area is 98.3 Å². The van der Waals surface area contributed by atoms with Gasteiger partial charge in [-0.15, -0.1) is 0 Å². The molecule has 4 heteroatoms. The van der Waals surface area contributed by atoms with E-state index in [0.717, 1.165) is 28.7 Å². The van der Waals surface area contributed by atoms with Gasteiger partial charge in [-0.1, -0.05) is 30.1 Å². The summed E-state index contributed by atoms with van der Waals surface area (Å²) in [5.74, 6) is 0.748. The molecule has 15 heavy (non-hydrogen) atoms. The maximum absolute atomic E-state index is 6.07. The van der Waals surface area contributed by atoms with Gasteiger partial charge in [0, 0.05) is 16.8 Å². The third-order valence-corrected chi connectivity index (χ3v) is 3.07. The second-order valence-corrected chi connectivity index (χ2v) is 4.12. The molecule has 0 aliphatic rings. The number of hydrogen-bond acceptors (Lipinski definition) is 2. The van der Waals surface area contributed by atoms with Crippen molar-refractivity contribution in [3.63, 3.8) is 0 Å². The minimum Gasteiger partial charge on any atom is -0.232 e. The summed E-state index contributed by atoms with van der Waals surface area (Å²) in [7, 11) is 0. The molecule has 0 aliphatic carbocycles. The molecule has 0 saturated heterocycles. The fourth-order valence-electron chi connectivity index (χ4n) is 1.47. The van der Waals surface area contributed by atoms with E-state index in [1.807, 2.05) is 26.0 Å². The molecule has 0 fully saturated rings. The van der Waals surface area contributed by atoms with Gasteiger partial charge in [-0.3, -0.25) is 0 Å². The lowest BCUT2D eigenvalue weighted by molar-refractivity contribution is 0.959. The molecular formula is C11H10Cl2N2. The van der Waals surface area contributed by atoms with Crippen LogP contribution in [0, 0.1) is 6.92 Å². The Balaban J connectivity index is 2.86. The molecule has 0 saturated carbocycles. The zero-order valence-electron chi connectivity index (χ0n) is 8.51. The predicted molar refractivity (Wildman–Crippen MR) is 63.7 cm³/mol. The normalized spacial score (nSPS) is 10.9. The maximum Gasteiger partial charge on any atom is 0.140 e. The van der Waals surface area contributed by atoms with Crippen LogP contribution in [0.3, 0.4) is 0 Å². The summed E-state index contributed by atoms with van der Waals surface area (Å²) in [6.07, 6.45) is 0.765. The zero-order valence-corrected chi connectivity index (χ0v) is 10.0. The van der Waals surface area contributed by atoms with E-state index in [4.69, 9.17) is 23.2 Å². The van der Waals surface area contributed by atoms with Crippen LogP contribution in [0.15, 0.2) is 12.1 Å². The molecular weight excluding hydrogens is 231 g/mol. The van der Waals surface area contributed by atoms with Gasteiger partial charge < -0.3 is 0 Å². The number of aromatic nitrogens is 2. The number of hydrogen-bond donors (Lipinski definition) is 0. The molecule has 0 N–H and O–H groups in total. The standard InChI is InChI=1S/C11H10Cl2N2/c1-3-9-14-10-6(2)8(12)5-4-7(10)11(13)15-9/h4-5H,3H2,1-2H3. The van der Waals surface area contributed by atoms with Crippen molar-refractivity contribution in [1.29, 1.82) is 0 Å². The third-order valence-electron chi connectivity index (χ3n) is 2.37. The lowest BCUT2D eigenvalue weighted by Crippen LogP contribution is -1.96. The molecule has 0 aliphatic heterocycles. The van der Waals surface area contributed by atoms with Crippen LogP contribution in [-0.4, -0.2) is 9.97 Å². The number of benzene rings is 1. The van der Waals surface area contributed by atoms with Gasteiger partial charge in [0.1, 0.15) is 11.0 Å². The largest absolute Gasteiger partial charge is 0.232 e. The smallest absolute Gasteiger partial charge is 0.140 e. The summed E-state index contributed by atoms with van der Waals surface area (Å²) in [5, 5.41) is 2.06. The molecule has 0 radical (unpaired) electrons. The first-order valence-electron chi connectivity index (χ1n) is 4.74. The van der Waals surface area contributed by atoms with E-state index in [1.165, 1.54) is 0 Å². The second-order valence-electron chi connectivity index (χ2n) is 3.35. The van der Waals surface area contributed by atoms with Crippen LogP contribution in [0.4, 0.5) is 0 Å². The monoisotopic (exact) mass is 240 g/mol. The van der Waals surface area contributed by atoms with Gasteiger partial charge in [0.05, 0.1) is 5.52 Å². The maximum atomic E-state index is 6.07. The summed E-state index contributed by atoms with van der Waals surface area (Å²) >= 11 is 12.1. The minimum atomic E-state index is 0.497. The highest BCUT2D eigenvalue weighted by atomic mass is 35.5. The molecule has 0 atom stereocenters. The molecule has 78 valence electrons. The van der Waals surface area contributed by atoms with Crippen molar-refractivity contribution >= 4 is 34.1 Å². The van der Waals surface area contributed by atoms with E-state index in [9.17, 15) is 0 Å². The van der Waals surface area contributed by atoms with Crippen LogP contribution in [0.2, 0.25) is 10.2 Å². The van der Waals surface area contributed by atoms with E-state index in [1.54, 1.807) is 0 Å². The van der Waals surface area contributed by atoms with Gasteiger partial charge in [0.15, 0.2) is 0 Å². The first kappa shape index (κ1) is 10.7. The summed E-state index contributed by atoms with van der Waals surface area (Å²) < 4.78 is 0. The average Bonchev–Trinajstić information content (AvgIpc) is 2.23. The van der Waals surface area contributed by atoms with Gasteiger partial charge >= 0.3 is 0 Å². The van der Waals surface area contributed by atoms with E-state index >= 15 is 0 Å². The quantitative estimate of drug-likeness (QED) is 0.709. The van der Waals surface area contributed by atoms with Gasteiger partial charge in [0.25, 0.3) is 0 Å². The average molecular weight is 241 g/mol. The Bertz CT molecular complexity index is 523. The molecule has 2 nitrogen and oxygen atoms in total. The zero-order chi connectivity index (χ0) is 11.0. The van der Waals surface area contributed by atoms with E-state index < -0.39 is 0 Å². The van der Waals surface area contributed by atoms with E-state index in [0.29, 0.717) is 10.2 Å². The highest BCUT2D eigenvalue weighted by Gasteiger charge is 2.08. The van der Waals surface area contributed by atoms with Gasteiger partial charge in [-0.2, -0.15) is 0 Å². The van der Waals surface area contributed by atoms with Crippen LogP contribution in [0.25, 0.3) is 10.9 Å². The topological polar surface area (TPSA) is 25.8 Å². The Kier molecular flexibility index (Phi) is 2.81. The fraction of sp³-hybridized carbons (Fsp3) is 0.273. The fourth-order valence-corrected chi connectivity index (χ4v) is 1.87. The highest BCUT2D eigenvalue weighted by molar-refractivity contribution is 6.35. The molecule has 1 heterocycles. The SMILES string of the molecule is CCc1nc(Cl)c2ccc(Cl)c(C)c2n1. The van der Waals surface area contributed by atoms with Crippen molar-refractivity contribution in [3.8, 4) is 0 Å². The van der Waals surface area contributed by atoms with Crippen molar-refractivity contribution in [2.45, 2.75) is 20.3 Å². The first-order chi connectivity index (χ1) is 7.13. The molecule has 0 unspecified atom stereocenters. The van der Waals surface area contributed by atoms with Crippen LogP contribution in [-0.2, 0) is 6.42 Å². The van der Waals surface area contributed by atoms with E-state index in [2.05, 4.69) is 9.97 Å². The summed E-state index contributed by atoms with van der Waals surface area (Å²) in [6, 6.07) is 3.67. The number of aryl methyl sites for hydroxylation is 2. The van der Waals surface area contributed by atoms with Crippen molar-refractivity contribution in [1.82, 2.24) is 9.97 Å². The lowest BCUT2D eigenvalue weighted by atomic mass is 10.1. The van der Waals surface area contributed by atoms with Crippen molar-refractivity contribution < 1.29 is 0 Å². The highest BCUT2D eigenvalue weighted by Crippen LogP contribution is 2.27. The third kappa shape index (κ3) is 1.80. The number of fused-ring (bicyclic) bond motifs is 1. The Morgan fingerprint density at radius 3 is 2.60 bits per heavy atom. The van der Waals surface area contributed by atoms with Crippen LogP contribution in [0.1, 0.15) is 18.3 Å². The van der Waals surface area contributed by atoms with Crippen molar-refractivity contribution in [2.24, 2.45) is 0 Å². The van der Waals surface area contributed by atoms with Gasteiger partial charge in [-0.05, 0) is 24.6 Å². The minimum absolute atomic E-state index is 0.497. The number of rotatable bonds is 1. The lowest BCUT2D eigenvalue weighted by Gasteiger charge is -2.06. The van der Waals surface area contributed by atoms with Crippen LogP contribution >= 0.6 is 23.2 Å². The van der Waals surface area contributed by atoms with Gasteiger partial charge in [0.2, 0.25) is 0 Å². The predicted octanol–water partition coefficient (Wildman–Crippen LogP) is 3.81. The molecule has 0 amide bonds. The van der Waals surface area contributed by atoms with Crippen LogP contribution < -0.4 is 0 Å². The number of nitrogens with zero attached hydrogens (tertiary/aromatic N) is 2. The van der Waals surface area contributed by atoms with Crippen molar-refractivity contribution in [2.75, 3.05) is 0 Å². The first-order valence-corrected chi connectivity index (χ1v) is 5.50. The summed E-state index contributed by atoms with van der Waals surface area (Å²) in [5.41, 5.74) is 1.80. The molecule has 0 bridgehead atoms.